The van der Waals surface area contributed by atoms with Crippen molar-refractivity contribution in [1.82, 2.24) is 0 Å². The van der Waals surface area contributed by atoms with Crippen LogP contribution in [0.4, 0.5) is 0 Å². The summed E-state index contributed by atoms with van der Waals surface area (Å²) in [6.07, 6.45) is 4.52. The maximum Gasteiger partial charge on any atom is 0.250 e. The predicted octanol–water partition coefficient (Wildman–Crippen LogP) is 2.51. The molecule has 126 valence electrons. The van der Waals surface area contributed by atoms with Crippen LogP contribution in [0.1, 0.15) is 24.5 Å². The van der Waals surface area contributed by atoms with Gasteiger partial charge in [0.2, 0.25) is 0 Å². The molecule has 0 aromatic heterocycles. The van der Waals surface area contributed by atoms with E-state index in [1.165, 1.54) is 0 Å². The van der Waals surface area contributed by atoms with Crippen molar-refractivity contribution >= 4 is 17.2 Å². The molecule has 5 heteroatoms. The van der Waals surface area contributed by atoms with Crippen LogP contribution in [0.5, 0.6) is 5.75 Å². The molecule has 4 N–H and O–H groups in total. The minimum atomic E-state index is -0.553. The van der Waals surface area contributed by atoms with Gasteiger partial charge in [-0.1, -0.05) is 25.1 Å². The molecule has 0 saturated carbocycles. The predicted molar refractivity (Wildman–Crippen MR) is 97.8 cm³/mol. The highest BCUT2D eigenvalue weighted by atomic mass is 16.5. The van der Waals surface area contributed by atoms with Crippen LogP contribution in [0.25, 0.3) is 5.57 Å². The zero-order valence-electron chi connectivity index (χ0n) is 14.5. The second kappa shape index (κ2) is 7.17. The van der Waals surface area contributed by atoms with Gasteiger partial charge in [-0.15, -0.1) is 0 Å². The summed E-state index contributed by atoms with van der Waals surface area (Å²) >= 11 is 0. The Bertz CT molecular complexity index is 799. The number of amides is 1. The average Bonchev–Trinajstić information content (AvgIpc) is 2.56. The van der Waals surface area contributed by atoms with Crippen molar-refractivity contribution in [2.24, 2.45) is 16.5 Å². The summed E-state index contributed by atoms with van der Waals surface area (Å²) in [6, 6.07) is 5.72. The third kappa shape index (κ3) is 2.97. The number of hydrogen-bond acceptors (Lipinski definition) is 4. The molecule has 0 bridgehead atoms. The summed E-state index contributed by atoms with van der Waals surface area (Å²) in [4.78, 5) is 16.3. The van der Waals surface area contributed by atoms with Crippen molar-refractivity contribution in [3.05, 3.63) is 58.3 Å². The lowest BCUT2D eigenvalue weighted by atomic mass is 9.84. The van der Waals surface area contributed by atoms with Gasteiger partial charge in [-0.25, -0.2) is 0 Å². The molecular formula is C19H23N3O2. The number of allylic oxidation sites excluding steroid dienone is 4. The highest BCUT2D eigenvalue weighted by Crippen LogP contribution is 2.35. The van der Waals surface area contributed by atoms with Gasteiger partial charge in [0, 0.05) is 12.6 Å². The van der Waals surface area contributed by atoms with E-state index in [0.29, 0.717) is 16.8 Å². The number of nitrogens with two attached hydrogens (primary N) is 2. The van der Waals surface area contributed by atoms with Gasteiger partial charge < -0.3 is 16.2 Å². The maximum atomic E-state index is 11.8. The van der Waals surface area contributed by atoms with Crippen LogP contribution in [-0.4, -0.2) is 25.8 Å². The fraction of sp³-hybridized carbons (Fsp3) is 0.263. The largest absolute Gasteiger partial charge is 0.496 e. The molecule has 24 heavy (non-hydrogen) atoms. The van der Waals surface area contributed by atoms with E-state index in [9.17, 15) is 4.79 Å². The van der Waals surface area contributed by atoms with E-state index in [1.54, 1.807) is 20.2 Å². The Labute approximate surface area is 142 Å². The van der Waals surface area contributed by atoms with Crippen LogP contribution in [0.3, 0.4) is 0 Å². The summed E-state index contributed by atoms with van der Waals surface area (Å²) in [5.41, 5.74) is 16.6. The Kier molecular flexibility index (Phi) is 5.24. The van der Waals surface area contributed by atoms with Crippen molar-refractivity contribution in [2.75, 3.05) is 14.2 Å². The fourth-order valence-corrected chi connectivity index (χ4v) is 2.91. The van der Waals surface area contributed by atoms with E-state index in [-0.39, 0.29) is 0 Å². The molecule has 0 saturated heterocycles. The summed E-state index contributed by atoms with van der Waals surface area (Å²) in [7, 11) is 3.33. The van der Waals surface area contributed by atoms with Crippen molar-refractivity contribution in [3.8, 4) is 5.75 Å². The highest BCUT2D eigenvalue weighted by molar-refractivity contribution is 6.36. The summed E-state index contributed by atoms with van der Waals surface area (Å²) < 4.78 is 5.41. The summed E-state index contributed by atoms with van der Waals surface area (Å²) in [6.45, 7) is 3.98. The van der Waals surface area contributed by atoms with Crippen molar-refractivity contribution in [2.45, 2.75) is 20.3 Å². The molecule has 5 nitrogen and oxygen atoms in total. The van der Waals surface area contributed by atoms with E-state index in [2.05, 4.69) is 4.99 Å². The Morgan fingerprint density at radius 2 is 2.08 bits per heavy atom. The molecule has 0 heterocycles. The molecule has 1 aromatic carbocycles. The SMILES string of the molecule is CC/C=C1/C=C(C(N)=O)C(N)=C(c2cccc(OC)c2C)C1=NC. The fourth-order valence-electron chi connectivity index (χ4n) is 2.91. The van der Waals surface area contributed by atoms with E-state index < -0.39 is 5.91 Å². The first-order valence-electron chi connectivity index (χ1n) is 7.79. The first kappa shape index (κ1) is 17.5. The lowest BCUT2D eigenvalue weighted by molar-refractivity contribution is -0.114. The van der Waals surface area contributed by atoms with Gasteiger partial charge in [0.25, 0.3) is 5.91 Å². The molecule has 0 fully saturated rings. The molecule has 2 rings (SSSR count). The number of rotatable bonds is 4. The zero-order chi connectivity index (χ0) is 17.9. The third-order valence-corrected chi connectivity index (χ3v) is 4.06. The minimum Gasteiger partial charge on any atom is -0.496 e. The smallest absolute Gasteiger partial charge is 0.250 e. The van der Waals surface area contributed by atoms with E-state index in [0.717, 1.165) is 34.6 Å². The van der Waals surface area contributed by atoms with Crippen LogP contribution >= 0.6 is 0 Å². The number of primary amides is 1. The molecule has 0 spiro atoms. The van der Waals surface area contributed by atoms with Gasteiger partial charge in [0.15, 0.2) is 0 Å². The van der Waals surface area contributed by atoms with Crippen LogP contribution in [-0.2, 0) is 4.79 Å². The normalized spacial score (nSPS) is 18.1. The quantitative estimate of drug-likeness (QED) is 0.891. The Balaban J connectivity index is 2.82. The molecule has 1 aliphatic rings. The number of methoxy groups -OCH3 is 1. The Morgan fingerprint density at radius 1 is 1.38 bits per heavy atom. The molecule has 0 aliphatic heterocycles. The monoisotopic (exact) mass is 325 g/mol. The highest BCUT2D eigenvalue weighted by Gasteiger charge is 2.27. The standard InChI is InChI=1S/C19H23N3O2/c1-5-7-12-10-14(19(21)23)17(20)16(18(12)22-3)13-8-6-9-15(24-4)11(13)2/h6-10H,5,20H2,1-4H3,(H2,21,23)/b12-7-,22-18?. The first-order valence-corrected chi connectivity index (χ1v) is 7.79. The Hall–Kier alpha value is -2.82. The molecule has 1 aliphatic carbocycles. The number of benzene rings is 1. The van der Waals surface area contributed by atoms with Gasteiger partial charge in [-0.3, -0.25) is 9.79 Å². The lowest BCUT2D eigenvalue weighted by Crippen LogP contribution is -2.26. The molecule has 1 aromatic rings. The number of hydrogen-bond donors (Lipinski definition) is 2. The Morgan fingerprint density at radius 3 is 2.62 bits per heavy atom. The van der Waals surface area contributed by atoms with Crippen molar-refractivity contribution in [3.63, 3.8) is 0 Å². The second-order valence-electron chi connectivity index (χ2n) is 5.48. The van der Waals surface area contributed by atoms with Crippen LogP contribution in [0, 0.1) is 6.92 Å². The molecule has 1 amide bonds. The number of nitrogens with zero attached hydrogens (tertiary/aromatic N) is 1. The summed E-state index contributed by atoms with van der Waals surface area (Å²) in [5.74, 6) is 0.196. The van der Waals surface area contributed by atoms with Gasteiger partial charge in [0.1, 0.15) is 5.75 Å². The molecule has 0 radical (unpaired) electrons. The van der Waals surface area contributed by atoms with Gasteiger partial charge in [0.05, 0.1) is 24.1 Å². The number of carbonyl (C=O) groups excluding carboxylic acids is 1. The maximum absolute atomic E-state index is 11.8. The second-order valence-corrected chi connectivity index (χ2v) is 5.48. The van der Waals surface area contributed by atoms with Gasteiger partial charge in [-0.2, -0.15) is 0 Å². The van der Waals surface area contributed by atoms with E-state index >= 15 is 0 Å². The zero-order valence-corrected chi connectivity index (χ0v) is 14.5. The molecule has 0 atom stereocenters. The first-order chi connectivity index (χ1) is 11.5. The van der Waals surface area contributed by atoms with Crippen LogP contribution < -0.4 is 16.2 Å². The van der Waals surface area contributed by atoms with E-state index in [4.69, 9.17) is 16.2 Å². The average molecular weight is 325 g/mol. The van der Waals surface area contributed by atoms with Gasteiger partial charge >= 0.3 is 0 Å². The minimum absolute atomic E-state index is 0.305. The topological polar surface area (TPSA) is 90.7 Å². The van der Waals surface area contributed by atoms with Crippen molar-refractivity contribution in [1.29, 1.82) is 0 Å². The third-order valence-electron chi connectivity index (χ3n) is 4.06. The lowest BCUT2D eigenvalue weighted by Gasteiger charge is -2.23. The number of aliphatic imine (C=N–C) groups is 1. The number of ether oxygens (including phenoxy) is 1. The summed E-state index contributed by atoms with van der Waals surface area (Å²) in [5, 5.41) is 0. The van der Waals surface area contributed by atoms with Crippen LogP contribution in [0.15, 0.2) is 52.2 Å². The molecular weight excluding hydrogens is 302 g/mol. The van der Waals surface area contributed by atoms with Crippen molar-refractivity contribution < 1.29 is 9.53 Å². The van der Waals surface area contributed by atoms with Gasteiger partial charge in [-0.05, 0) is 42.2 Å². The number of carbonyl (C=O) groups is 1. The molecule has 0 unspecified atom stereocenters. The van der Waals surface area contributed by atoms with E-state index in [1.807, 2.05) is 38.1 Å². The van der Waals surface area contributed by atoms with Crippen LogP contribution in [0.2, 0.25) is 0 Å².